The van der Waals surface area contributed by atoms with Crippen LogP contribution in [0.15, 0.2) is 48.8 Å². The van der Waals surface area contributed by atoms with Crippen LogP contribution in [0.5, 0.6) is 0 Å². The lowest BCUT2D eigenvalue weighted by atomic mass is 10.1. The number of hydrogen-bond donors (Lipinski definition) is 2. The SMILES string of the molecule is Cc1[nH]ncc1C(=O)Nc1cn2nc(-c3c(-c4ccc(F)cc4)nc(C)n3C)ccc2n1. The van der Waals surface area contributed by atoms with Gasteiger partial charge in [-0.05, 0) is 50.2 Å². The Hall–Kier alpha value is -4.34. The van der Waals surface area contributed by atoms with Gasteiger partial charge in [0.1, 0.15) is 17.3 Å². The Morgan fingerprint density at radius 1 is 1.09 bits per heavy atom. The summed E-state index contributed by atoms with van der Waals surface area (Å²) in [6.07, 6.45) is 3.12. The molecule has 0 atom stereocenters. The Bertz CT molecular complexity index is 1460. The second-order valence-electron chi connectivity index (χ2n) is 7.43. The zero-order chi connectivity index (χ0) is 22.4. The van der Waals surface area contributed by atoms with Gasteiger partial charge in [0.25, 0.3) is 5.91 Å². The monoisotopic (exact) mass is 430 g/mol. The fraction of sp³-hybridized carbons (Fsp3) is 0.136. The molecule has 0 aliphatic heterocycles. The number of carbonyl (C=O) groups excluding carboxylic acids is 1. The number of rotatable bonds is 4. The van der Waals surface area contributed by atoms with E-state index in [-0.39, 0.29) is 11.7 Å². The van der Waals surface area contributed by atoms with Gasteiger partial charge in [-0.2, -0.15) is 10.2 Å². The summed E-state index contributed by atoms with van der Waals surface area (Å²) in [4.78, 5) is 21.5. The molecule has 0 unspecified atom stereocenters. The van der Waals surface area contributed by atoms with Gasteiger partial charge in [-0.3, -0.25) is 9.89 Å². The predicted octanol–water partition coefficient (Wildman–Crippen LogP) is 3.53. The lowest BCUT2D eigenvalue weighted by Gasteiger charge is -2.07. The largest absolute Gasteiger partial charge is 0.330 e. The van der Waals surface area contributed by atoms with Gasteiger partial charge in [-0.25, -0.2) is 18.9 Å². The van der Waals surface area contributed by atoms with Gasteiger partial charge in [0.15, 0.2) is 11.5 Å². The van der Waals surface area contributed by atoms with Crippen LogP contribution in [0.4, 0.5) is 10.2 Å². The number of halogens is 1. The van der Waals surface area contributed by atoms with Crippen molar-refractivity contribution in [1.29, 1.82) is 0 Å². The maximum atomic E-state index is 13.4. The molecule has 1 amide bonds. The minimum Gasteiger partial charge on any atom is -0.330 e. The Morgan fingerprint density at radius 3 is 2.59 bits per heavy atom. The highest BCUT2D eigenvalue weighted by Gasteiger charge is 2.19. The number of H-pyrrole nitrogens is 1. The lowest BCUT2D eigenvalue weighted by molar-refractivity contribution is 0.102. The van der Waals surface area contributed by atoms with E-state index < -0.39 is 0 Å². The summed E-state index contributed by atoms with van der Waals surface area (Å²) in [5.74, 6) is 0.567. The van der Waals surface area contributed by atoms with Gasteiger partial charge in [0, 0.05) is 18.3 Å². The van der Waals surface area contributed by atoms with Crippen LogP contribution in [0.3, 0.4) is 0 Å². The van der Waals surface area contributed by atoms with Crippen molar-refractivity contribution in [2.75, 3.05) is 5.32 Å². The molecule has 0 radical (unpaired) electrons. The number of aryl methyl sites for hydroxylation is 2. The first-order chi connectivity index (χ1) is 15.4. The van der Waals surface area contributed by atoms with E-state index in [0.717, 1.165) is 17.1 Å². The van der Waals surface area contributed by atoms with E-state index >= 15 is 0 Å². The number of anilines is 1. The standard InChI is InChI=1S/C22H19FN8O/c1-12-16(10-24-28-12)22(32)27-18-11-31-19(26-18)9-8-17(29-31)21-20(25-13(2)30(21)3)14-4-6-15(23)7-5-14/h4-11H,1-3H3,(H,24,28)(H,27,32). The van der Waals surface area contributed by atoms with E-state index in [4.69, 9.17) is 0 Å². The van der Waals surface area contributed by atoms with Crippen molar-refractivity contribution in [3.8, 4) is 22.6 Å². The second-order valence-corrected chi connectivity index (χ2v) is 7.43. The number of nitrogens with one attached hydrogen (secondary N) is 2. The Morgan fingerprint density at radius 2 is 1.88 bits per heavy atom. The molecule has 0 saturated heterocycles. The van der Waals surface area contributed by atoms with Gasteiger partial charge in [-0.15, -0.1) is 0 Å². The fourth-order valence-corrected chi connectivity index (χ4v) is 3.54. The third kappa shape index (κ3) is 3.31. The topological polar surface area (TPSA) is 106 Å². The second kappa shape index (κ2) is 7.41. The van der Waals surface area contributed by atoms with Crippen molar-refractivity contribution in [2.24, 2.45) is 7.05 Å². The Labute approximate surface area is 182 Å². The van der Waals surface area contributed by atoms with Crippen molar-refractivity contribution in [2.45, 2.75) is 13.8 Å². The van der Waals surface area contributed by atoms with Crippen LogP contribution in [0.25, 0.3) is 28.3 Å². The number of carbonyl (C=O) groups is 1. The minimum atomic E-state index is -0.305. The minimum absolute atomic E-state index is 0.305. The van der Waals surface area contributed by atoms with Crippen LogP contribution < -0.4 is 5.32 Å². The van der Waals surface area contributed by atoms with Crippen LogP contribution in [0.1, 0.15) is 21.9 Å². The van der Waals surface area contributed by atoms with Crippen LogP contribution in [-0.4, -0.2) is 40.3 Å². The number of aromatic amines is 1. The maximum absolute atomic E-state index is 13.4. The van der Waals surface area contributed by atoms with Gasteiger partial charge < -0.3 is 9.88 Å². The maximum Gasteiger partial charge on any atom is 0.260 e. The molecule has 0 aliphatic carbocycles. The van der Waals surface area contributed by atoms with Crippen LogP contribution in [0.2, 0.25) is 0 Å². The van der Waals surface area contributed by atoms with E-state index in [1.807, 2.05) is 30.7 Å². The number of fused-ring (bicyclic) bond motifs is 1. The van der Waals surface area contributed by atoms with Gasteiger partial charge >= 0.3 is 0 Å². The molecule has 4 heterocycles. The molecule has 5 aromatic rings. The number of benzene rings is 1. The molecule has 0 bridgehead atoms. The average molecular weight is 430 g/mol. The van der Waals surface area contributed by atoms with Crippen molar-refractivity contribution < 1.29 is 9.18 Å². The van der Waals surface area contributed by atoms with Crippen LogP contribution in [-0.2, 0) is 7.05 Å². The molecular formula is C22H19FN8O. The first kappa shape index (κ1) is 19.6. The highest BCUT2D eigenvalue weighted by atomic mass is 19.1. The summed E-state index contributed by atoms with van der Waals surface area (Å²) in [6, 6.07) is 9.87. The average Bonchev–Trinajstić information content (AvgIpc) is 3.45. The summed E-state index contributed by atoms with van der Waals surface area (Å²) in [5, 5.41) is 14.1. The first-order valence-corrected chi connectivity index (χ1v) is 9.88. The van der Waals surface area contributed by atoms with E-state index in [2.05, 4.69) is 30.6 Å². The molecule has 0 spiro atoms. The normalized spacial score (nSPS) is 11.2. The highest BCUT2D eigenvalue weighted by Crippen LogP contribution is 2.31. The van der Waals surface area contributed by atoms with Crippen LogP contribution >= 0.6 is 0 Å². The quantitative estimate of drug-likeness (QED) is 0.454. The molecule has 9 nitrogen and oxygen atoms in total. The number of hydrogen-bond acceptors (Lipinski definition) is 5. The number of amides is 1. The fourth-order valence-electron chi connectivity index (χ4n) is 3.54. The lowest BCUT2D eigenvalue weighted by Crippen LogP contribution is -2.12. The molecule has 0 aliphatic rings. The Balaban J connectivity index is 1.53. The van der Waals surface area contributed by atoms with Crippen molar-refractivity contribution >= 4 is 17.4 Å². The Kier molecular flexibility index (Phi) is 4.54. The zero-order valence-corrected chi connectivity index (χ0v) is 17.6. The molecule has 0 fully saturated rings. The zero-order valence-electron chi connectivity index (χ0n) is 17.6. The van der Waals surface area contributed by atoms with Crippen molar-refractivity contribution in [3.63, 3.8) is 0 Å². The molecular weight excluding hydrogens is 411 g/mol. The molecule has 1 aromatic carbocycles. The molecule has 4 aromatic heterocycles. The summed E-state index contributed by atoms with van der Waals surface area (Å²) < 4.78 is 16.9. The summed E-state index contributed by atoms with van der Waals surface area (Å²) >= 11 is 0. The number of nitrogens with zero attached hydrogens (tertiary/aromatic N) is 6. The third-order valence-corrected chi connectivity index (χ3v) is 5.32. The first-order valence-electron chi connectivity index (χ1n) is 9.88. The predicted molar refractivity (Wildman–Crippen MR) is 117 cm³/mol. The summed E-state index contributed by atoms with van der Waals surface area (Å²) in [7, 11) is 1.91. The molecule has 10 heteroatoms. The van der Waals surface area contributed by atoms with E-state index in [9.17, 15) is 9.18 Å². The molecule has 32 heavy (non-hydrogen) atoms. The van der Waals surface area contributed by atoms with Gasteiger partial charge in [0.2, 0.25) is 0 Å². The molecule has 2 N–H and O–H groups in total. The van der Waals surface area contributed by atoms with E-state index in [0.29, 0.717) is 34.1 Å². The smallest absolute Gasteiger partial charge is 0.260 e. The third-order valence-electron chi connectivity index (χ3n) is 5.32. The van der Waals surface area contributed by atoms with Crippen molar-refractivity contribution in [1.82, 2.24) is 34.3 Å². The number of imidazole rings is 2. The van der Waals surface area contributed by atoms with Gasteiger partial charge in [-0.1, -0.05) is 0 Å². The van der Waals surface area contributed by atoms with Crippen LogP contribution in [0, 0.1) is 19.7 Å². The van der Waals surface area contributed by atoms with E-state index in [1.165, 1.54) is 18.3 Å². The number of aromatic nitrogens is 7. The van der Waals surface area contributed by atoms with Crippen molar-refractivity contribution in [3.05, 3.63) is 71.7 Å². The molecule has 5 rings (SSSR count). The highest BCUT2D eigenvalue weighted by molar-refractivity contribution is 6.04. The molecule has 160 valence electrons. The molecule has 0 saturated carbocycles. The van der Waals surface area contributed by atoms with Gasteiger partial charge in [0.05, 0.1) is 29.3 Å². The summed E-state index contributed by atoms with van der Waals surface area (Å²) in [5.41, 5.74) is 4.67. The summed E-state index contributed by atoms with van der Waals surface area (Å²) in [6.45, 7) is 3.67. The van der Waals surface area contributed by atoms with E-state index in [1.54, 1.807) is 29.8 Å².